The summed E-state index contributed by atoms with van der Waals surface area (Å²) in [4.78, 5) is 15.1. The first-order valence-corrected chi connectivity index (χ1v) is 9.40. The molecule has 6 heteroatoms. The summed E-state index contributed by atoms with van der Waals surface area (Å²) < 4.78 is 6.89. The number of aromatic amines is 1. The van der Waals surface area contributed by atoms with Crippen LogP contribution in [-0.4, -0.2) is 28.3 Å². The van der Waals surface area contributed by atoms with Gasteiger partial charge in [0.15, 0.2) is 0 Å². The molecule has 1 N–H and O–H groups in total. The number of nitrogens with one attached hydrogen (secondary N) is 1. The van der Waals surface area contributed by atoms with Crippen molar-refractivity contribution in [1.29, 1.82) is 0 Å². The summed E-state index contributed by atoms with van der Waals surface area (Å²) in [5.41, 5.74) is 4.26. The minimum Gasteiger partial charge on any atom is -0.497 e. The Kier molecular flexibility index (Phi) is 5.05. The van der Waals surface area contributed by atoms with Crippen molar-refractivity contribution in [2.75, 3.05) is 13.7 Å². The molecule has 0 saturated heterocycles. The molecule has 27 heavy (non-hydrogen) atoms. The van der Waals surface area contributed by atoms with E-state index in [-0.39, 0.29) is 5.56 Å². The molecule has 1 aliphatic rings. The van der Waals surface area contributed by atoms with Gasteiger partial charge in [0.25, 0.3) is 5.56 Å². The Morgan fingerprint density at radius 3 is 2.67 bits per heavy atom. The van der Waals surface area contributed by atoms with Crippen molar-refractivity contribution in [2.45, 2.75) is 26.1 Å². The number of benzene rings is 2. The third-order valence-electron chi connectivity index (χ3n) is 4.99. The largest absolute Gasteiger partial charge is 0.497 e. The zero-order valence-corrected chi connectivity index (χ0v) is 16.0. The lowest BCUT2D eigenvalue weighted by molar-refractivity contribution is 0.242. The fraction of sp³-hybridized carbons (Fsp3) is 0.286. The van der Waals surface area contributed by atoms with Gasteiger partial charge >= 0.3 is 0 Å². The van der Waals surface area contributed by atoms with Gasteiger partial charge in [-0.25, -0.2) is 4.68 Å². The highest BCUT2D eigenvalue weighted by Crippen LogP contribution is 2.19. The summed E-state index contributed by atoms with van der Waals surface area (Å²) in [6.07, 6.45) is 0.765. The van der Waals surface area contributed by atoms with Crippen LogP contribution in [-0.2, 0) is 26.1 Å². The van der Waals surface area contributed by atoms with Crippen LogP contribution >= 0.6 is 11.6 Å². The summed E-state index contributed by atoms with van der Waals surface area (Å²) in [7, 11) is 1.65. The summed E-state index contributed by atoms with van der Waals surface area (Å²) in [5.74, 6) is 0.813. The molecule has 2 heterocycles. The van der Waals surface area contributed by atoms with Crippen LogP contribution in [0, 0.1) is 0 Å². The average molecular weight is 384 g/mol. The van der Waals surface area contributed by atoms with Crippen LogP contribution in [0.3, 0.4) is 0 Å². The van der Waals surface area contributed by atoms with E-state index in [1.807, 2.05) is 42.5 Å². The summed E-state index contributed by atoms with van der Waals surface area (Å²) in [6, 6.07) is 15.7. The van der Waals surface area contributed by atoms with E-state index in [0.29, 0.717) is 6.54 Å². The van der Waals surface area contributed by atoms with Gasteiger partial charge in [0, 0.05) is 30.2 Å². The minimum atomic E-state index is 0.0863. The molecule has 0 spiro atoms. The normalized spacial score (nSPS) is 14.1. The maximum atomic E-state index is 12.7. The summed E-state index contributed by atoms with van der Waals surface area (Å²) in [6.45, 7) is 2.97. The molecule has 1 aliphatic heterocycles. The van der Waals surface area contributed by atoms with E-state index in [1.54, 1.807) is 11.8 Å². The second-order valence-electron chi connectivity index (χ2n) is 6.90. The molecule has 0 saturated carbocycles. The Morgan fingerprint density at radius 2 is 1.93 bits per heavy atom. The van der Waals surface area contributed by atoms with E-state index in [2.05, 4.69) is 16.1 Å². The maximum absolute atomic E-state index is 12.7. The number of hydrogen-bond donors (Lipinski definition) is 1. The molecule has 2 aromatic carbocycles. The molecule has 5 nitrogen and oxygen atoms in total. The molecule has 0 unspecified atom stereocenters. The van der Waals surface area contributed by atoms with Crippen molar-refractivity contribution < 1.29 is 4.74 Å². The molecule has 0 atom stereocenters. The minimum absolute atomic E-state index is 0.0863. The second-order valence-corrected chi connectivity index (χ2v) is 7.34. The van der Waals surface area contributed by atoms with Gasteiger partial charge in [-0.2, -0.15) is 0 Å². The summed E-state index contributed by atoms with van der Waals surface area (Å²) >= 11 is 6.09. The lowest BCUT2D eigenvalue weighted by Gasteiger charge is -2.26. The molecular weight excluding hydrogens is 362 g/mol. The number of fused-ring (bicyclic) bond motifs is 1. The fourth-order valence-corrected chi connectivity index (χ4v) is 3.80. The van der Waals surface area contributed by atoms with Gasteiger partial charge in [-0.1, -0.05) is 35.9 Å². The quantitative estimate of drug-likeness (QED) is 0.734. The van der Waals surface area contributed by atoms with Crippen LogP contribution < -0.4 is 10.3 Å². The third-order valence-corrected chi connectivity index (χ3v) is 5.23. The van der Waals surface area contributed by atoms with E-state index in [0.717, 1.165) is 53.6 Å². The lowest BCUT2D eigenvalue weighted by Crippen LogP contribution is -2.31. The molecule has 0 radical (unpaired) electrons. The number of rotatable bonds is 5. The molecular formula is C21H22ClN3O2. The molecule has 1 aromatic heterocycles. The van der Waals surface area contributed by atoms with Gasteiger partial charge in [-0.3, -0.25) is 14.8 Å². The number of nitrogens with zero attached hydrogens (tertiary/aromatic N) is 2. The SMILES string of the molecule is COc1ccc(Cn2[nH]c3c(c2=O)CCN(Cc2cccc(Cl)c2)C3)cc1. The zero-order chi connectivity index (χ0) is 18.8. The van der Waals surface area contributed by atoms with Gasteiger partial charge in [-0.15, -0.1) is 0 Å². The predicted molar refractivity (Wildman–Crippen MR) is 106 cm³/mol. The Labute approximate surface area is 163 Å². The smallest absolute Gasteiger partial charge is 0.270 e. The van der Waals surface area contributed by atoms with Gasteiger partial charge in [0.1, 0.15) is 5.75 Å². The average Bonchev–Trinajstić information content (AvgIpc) is 2.97. The highest BCUT2D eigenvalue weighted by Gasteiger charge is 2.22. The molecule has 0 fully saturated rings. The first kappa shape index (κ1) is 17.9. The van der Waals surface area contributed by atoms with E-state index >= 15 is 0 Å². The molecule has 3 aromatic rings. The maximum Gasteiger partial charge on any atom is 0.270 e. The van der Waals surface area contributed by atoms with E-state index in [1.165, 1.54) is 5.56 Å². The standard InChI is InChI=1S/C21H22ClN3O2/c1-27-18-7-5-15(6-8-18)13-25-21(26)19-9-10-24(14-20(19)23-25)12-16-3-2-4-17(22)11-16/h2-8,11,23H,9-10,12-14H2,1H3. The summed E-state index contributed by atoms with van der Waals surface area (Å²) in [5, 5.41) is 4.07. The topological polar surface area (TPSA) is 50.3 Å². The number of ether oxygens (including phenoxy) is 1. The van der Waals surface area contributed by atoms with Crippen molar-refractivity contribution in [2.24, 2.45) is 0 Å². The molecule has 4 rings (SSSR count). The van der Waals surface area contributed by atoms with Crippen LogP contribution in [0.15, 0.2) is 53.3 Å². The van der Waals surface area contributed by atoms with Crippen LogP contribution in [0.4, 0.5) is 0 Å². The molecule has 140 valence electrons. The second kappa shape index (κ2) is 7.62. The first-order chi connectivity index (χ1) is 13.1. The fourth-order valence-electron chi connectivity index (χ4n) is 3.59. The lowest BCUT2D eigenvalue weighted by atomic mass is 10.1. The third kappa shape index (κ3) is 3.94. The van der Waals surface area contributed by atoms with Gasteiger partial charge < -0.3 is 4.74 Å². The first-order valence-electron chi connectivity index (χ1n) is 9.02. The van der Waals surface area contributed by atoms with Crippen molar-refractivity contribution in [3.8, 4) is 5.75 Å². The van der Waals surface area contributed by atoms with Crippen molar-refractivity contribution in [3.63, 3.8) is 0 Å². The molecule has 0 aliphatic carbocycles. The number of hydrogen-bond acceptors (Lipinski definition) is 3. The Balaban J connectivity index is 1.49. The van der Waals surface area contributed by atoms with E-state index in [9.17, 15) is 4.79 Å². The van der Waals surface area contributed by atoms with Crippen molar-refractivity contribution in [1.82, 2.24) is 14.7 Å². The number of methoxy groups -OCH3 is 1. The van der Waals surface area contributed by atoms with Gasteiger partial charge in [-0.05, 0) is 41.8 Å². The van der Waals surface area contributed by atoms with Crippen LogP contribution in [0.5, 0.6) is 5.75 Å². The van der Waals surface area contributed by atoms with Crippen molar-refractivity contribution in [3.05, 3.63) is 86.3 Å². The predicted octanol–water partition coefficient (Wildman–Crippen LogP) is 3.45. The zero-order valence-electron chi connectivity index (χ0n) is 15.2. The van der Waals surface area contributed by atoms with E-state index in [4.69, 9.17) is 16.3 Å². The molecule has 0 bridgehead atoms. The highest BCUT2D eigenvalue weighted by molar-refractivity contribution is 6.30. The van der Waals surface area contributed by atoms with E-state index < -0.39 is 0 Å². The van der Waals surface area contributed by atoms with Gasteiger partial charge in [0.2, 0.25) is 0 Å². The Hall–Kier alpha value is -2.50. The van der Waals surface area contributed by atoms with Crippen LogP contribution in [0.25, 0.3) is 0 Å². The van der Waals surface area contributed by atoms with Crippen LogP contribution in [0.1, 0.15) is 22.4 Å². The number of aromatic nitrogens is 2. The van der Waals surface area contributed by atoms with Crippen LogP contribution in [0.2, 0.25) is 5.02 Å². The number of H-pyrrole nitrogens is 1. The van der Waals surface area contributed by atoms with Gasteiger partial charge in [0.05, 0.1) is 19.3 Å². The van der Waals surface area contributed by atoms with Crippen molar-refractivity contribution >= 4 is 11.6 Å². The number of halogens is 1. The Morgan fingerprint density at radius 1 is 1.11 bits per heavy atom. The highest BCUT2D eigenvalue weighted by atomic mass is 35.5. The molecule has 0 amide bonds. The monoisotopic (exact) mass is 383 g/mol. The Bertz CT molecular complexity index is 991.